The van der Waals surface area contributed by atoms with Crippen molar-refractivity contribution in [3.05, 3.63) is 71.1 Å². The summed E-state index contributed by atoms with van der Waals surface area (Å²) < 4.78 is 10.5. The van der Waals surface area contributed by atoms with Crippen LogP contribution < -0.4 is 15.5 Å². The van der Waals surface area contributed by atoms with Gasteiger partial charge in [0.25, 0.3) is 0 Å². The van der Waals surface area contributed by atoms with Crippen molar-refractivity contribution in [3.63, 3.8) is 0 Å². The lowest BCUT2D eigenvalue weighted by atomic mass is 9.94. The molecule has 2 aliphatic heterocycles. The van der Waals surface area contributed by atoms with E-state index in [1.54, 1.807) is 18.4 Å². The number of methoxy groups -OCH3 is 1. The van der Waals surface area contributed by atoms with Crippen LogP contribution in [0.4, 0.5) is 5.69 Å². The molecule has 2 saturated heterocycles. The standard InChI is InChI=1S/C31H36N2O5S2/c1-36-25-12-10-22(11-13-25)19-28(34)32-24-8-6-7-23(20-24)26-14-15-27(40-26)31(16-3-5-18-39-31)21-29(35)33-38-30-9-2-4-17-37-30/h6-8,10-15,20,30H,2-5,9,16-19,21H2,1H3,(H,32,34)(H,33,35)/t30?,31-/m0/s1. The van der Waals surface area contributed by atoms with Crippen LogP contribution in [0.5, 0.6) is 5.75 Å². The molecular formula is C31H36N2O5S2. The smallest absolute Gasteiger partial charge is 0.245 e. The van der Waals surface area contributed by atoms with Crippen molar-refractivity contribution in [1.82, 2.24) is 5.48 Å². The summed E-state index contributed by atoms with van der Waals surface area (Å²) in [4.78, 5) is 33.5. The number of anilines is 1. The lowest BCUT2D eigenvalue weighted by molar-refractivity contribution is -0.200. The summed E-state index contributed by atoms with van der Waals surface area (Å²) in [5.74, 6) is 1.62. The maximum atomic E-state index is 13.0. The molecule has 0 saturated carbocycles. The minimum atomic E-state index is -0.357. The summed E-state index contributed by atoms with van der Waals surface area (Å²) in [5.41, 5.74) is 5.38. The van der Waals surface area contributed by atoms with Crippen LogP contribution in [-0.4, -0.2) is 37.6 Å². The fourth-order valence-corrected chi connectivity index (χ4v) is 8.01. The molecule has 2 atom stereocenters. The topological polar surface area (TPSA) is 85.9 Å². The number of rotatable bonds is 10. The van der Waals surface area contributed by atoms with Crippen LogP contribution >= 0.6 is 23.1 Å². The molecular weight excluding hydrogens is 544 g/mol. The number of thioether (sulfide) groups is 1. The number of hydroxylamine groups is 1. The van der Waals surface area contributed by atoms with E-state index in [1.165, 1.54) is 4.88 Å². The Labute approximate surface area is 243 Å². The van der Waals surface area contributed by atoms with Gasteiger partial charge in [-0.1, -0.05) is 30.7 Å². The Hall–Kier alpha value is -2.85. The highest BCUT2D eigenvalue weighted by atomic mass is 32.2. The summed E-state index contributed by atoms with van der Waals surface area (Å²) in [7, 11) is 1.62. The first-order valence-corrected chi connectivity index (χ1v) is 15.7. The van der Waals surface area contributed by atoms with E-state index in [4.69, 9.17) is 14.3 Å². The van der Waals surface area contributed by atoms with Crippen molar-refractivity contribution < 1.29 is 23.9 Å². The van der Waals surface area contributed by atoms with E-state index < -0.39 is 0 Å². The van der Waals surface area contributed by atoms with Crippen molar-refractivity contribution in [2.45, 2.75) is 62.4 Å². The van der Waals surface area contributed by atoms with E-state index in [0.717, 1.165) is 71.7 Å². The lowest BCUT2D eigenvalue weighted by Gasteiger charge is -2.35. The minimum Gasteiger partial charge on any atom is -0.497 e. The van der Waals surface area contributed by atoms with Gasteiger partial charge in [0.1, 0.15) is 5.75 Å². The summed E-state index contributed by atoms with van der Waals surface area (Å²) in [6.45, 7) is 0.672. The first-order chi connectivity index (χ1) is 19.5. The Kier molecular flexibility index (Phi) is 9.80. The Morgan fingerprint density at radius 2 is 1.90 bits per heavy atom. The third kappa shape index (κ3) is 7.46. The second-order valence-corrected chi connectivity index (χ2v) is 12.8. The number of hydrogen-bond donors (Lipinski definition) is 2. The SMILES string of the molecule is COc1ccc(CC(=O)Nc2cccc(-c3ccc([C@@]4(CC(=O)NOC5CCCCO5)CCCCS4)s3)c2)cc1. The second kappa shape index (κ2) is 13.7. The van der Waals surface area contributed by atoms with Crippen LogP contribution in [-0.2, 0) is 30.3 Å². The lowest BCUT2D eigenvalue weighted by Crippen LogP contribution is -2.37. The Morgan fingerprint density at radius 1 is 1.02 bits per heavy atom. The average molecular weight is 581 g/mol. The number of thiophene rings is 1. The summed E-state index contributed by atoms with van der Waals surface area (Å²) in [6.07, 6.45) is 6.39. The van der Waals surface area contributed by atoms with Crippen molar-refractivity contribution in [2.24, 2.45) is 0 Å². The van der Waals surface area contributed by atoms with E-state index >= 15 is 0 Å². The quantitative estimate of drug-likeness (QED) is 0.260. The fourth-order valence-electron chi connectivity index (χ4n) is 5.13. The molecule has 0 aliphatic carbocycles. The third-order valence-corrected chi connectivity index (χ3v) is 10.3. The molecule has 0 radical (unpaired) electrons. The van der Waals surface area contributed by atoms with Gasteiger partial charge < -0.3 is 14.8 Å². The number of amides is 2. The van der Waals surface area contributed by atoms with Crippen molar-refractivity contribution in [3.8, 4) is 16.2 Å². The van der Waals surface area contributed by atoms with E-state index in [1.807, 2.05) is 54.2 Å². The maximum Gasteiger partial charge on any atom is 0.245 e. The first kappa shape index (κ1) is 28.7. The molecule has 212 valence electrons. The Balaban J connectivity index is 1.24. The highest BCUT2D eigenvalue weighted by molar-refractivity contribution is 8.00. The summed E-state index contributed by atoms with van der Waals surface area (Å²) >= 11 is 3.60. The van der Waals surface area contributed by atoms with Crippen LogP contribution in [0.25, 0.3) is 10.4 Å². The fraction of sp³-hybridized carbons (Fsp3) is 0.419. The van der Waals surface area contributed by atoms with Crippen LogP contribution in [0.1, 0.15) is 55.4 Å². The number of carbonyl (C=O) groups is 2. The number of carbonyl (C=O) groups excluding carboxylic acids is 2. The van der Waals surface area contributed by atoms with Gasteiger partial charge in [-0.05, 0) is 79.0 Å². The van der Waals surface area contributed by atoms with Crippen LogP contribution in [0.2, 0.25) is 0 Å². The second-order valence-electron chi connectivity index (χ2n) is 10.2. The van der Waals surface area contributed by atoms with Gasteiger partial charge in [-0.25, -0.2) is 10.3 Å². The number of ether oxygens (including phenoxy) is 2. The predicted molar refractivity (Wildman–Crippen MR) is 161 cm³/mol. The zero-order valence-corrected chi connectivity index (χ0v) is 24.4. The highest BCUT2D eigenvalue weighted by Crippen LogP contribution is 2.51. The van der Waals surface area contributed by atoms with E-state index in [9.17, 15) is 9.59 Å². The van der Waals surface area contributed by atoms with E-state index in [0.29, 0.717) is 13.0 Å². The molecule has 2 fully saturated rings. The average Bonchev–Trinajstić information content (AvgIpc) is 3.49. The Morgan fingerprint density at radius 3 is 2.65 bits per heavy atom. The molecule has 40 heavy (non-hydrogen) atoms. The van der Waals surface area contributed by atoms with Crippen LogP contribution in [0.3, 0.4) is 0 Å². The maximum absolute atomic E-state index is 13.0. The predicted octanol–water partition coefficient (Wildman–Crippen LogP) is 6.68. The van der Waals surface area contributed by atoms with E-state index in [-0.39, 0.29) is 29.3 Å². The van der Waals surface area contributed by atoms with Crippen LogP contribution in [0.15, 0.2) is 60.7 Å². The summed E-state index contributed by atoms with van der Waals surface area (Å²) in [5, 5.41) is 3.03. The molecule has 2 aromatic carbocycles. The van der Waals surface area contributed by atoms with Crippen molar-refractivity contribution >= 4 is 40.6 Å². The van der Waals surface area contributed by atoms with Crippen molar-refractivity contribution in [2.75, 3.05) is 24.8 Å². The molecule has 1 unspecified atom stereocenters. The molecule has 2 amide bonds. The van der Waals surface area contributed by atoms with Gasteiger partial charge in [-0.2, -0.15) is 0 Å². The largest absolute Gasteiger partial charge is 0.497 e. The zero-order chi connectivity index (χ0) is 27.8. The monoisotopic (exact) mass is 580 g/mol. The number of hydrogen-bond acceptors (Lipinski definition) is 7. The Bertz CT molecular complexity index is 1280. The molecule has 0 bridgehead atoms. The first-order valence-electron chi connectivity index (χ1n) is 13.9. The van der Waals surface area contributed by atoms with Crippen LogP contribution in [0, 0.1) is 0 Å². The third-order valence-electron chi connectivity index (χ3n) is 7.25. The van der Waals surface area contributed by atoms with Gasteiger partial charge >= 0.3 is 0 Å². The molecule has 0 spiro atoms. The number of nitrogens with one attached hydrogen (secondary N) is 2. The van der Waals surface area contributed by atoms with E-state index in [2.05, 4.69) is 29.0 Å². The van der Waals surface area contributed by atoms with Gasteiger partial charge in [0.2, 0.25) is 11.8 Å². The van der Waals surface area contributed by atoms with Gasteiger partial charge in [0.05, 0.1) is 18.3 Å². The molecule has 7 nitrogen and oxygen atoms in total. The minimum absolute atomic E-state index is 0.0707. The summed E-state index contributed by atoms with van der Waals surface area (Å²) in [6, 6.07) is 19.7. The highest BCUT2D eigenvalue weighted by Gasteiger charge is 2.38. The molecule has 2 aliphatic rings. The molecule has 1 aromatic heterocycles. The van der Waals surface area contributed by atoms with Gasteiger partial charge in [0, 0.05) is 34.9 Å². The molecule has 9 heteroatoms. The molecule has 2 N–H and O–H groups in total. The zero-order valence-electron chi connectivity index (χ0n) is 22.8. The normalized spacial score (nSPS) is 21.0. The van der Waals surface area contributed by atoms with Crippen molar-refractivity contribution in [1.29, 1.82) is 0 Å². The van der Waals surface area contributed by atoms with Gasteiger partial charge in [0.15, 0.2) is 6.29 Å². The van der Waals surface area contributed by atoms with Gasteiger partial charge in [-0.3, -0.25) is 9.59 Å². The molecule has 5 rings (SSSR count). The van der Waals surface area contributed by atoms with Gasteiger partial charge in [-0.15, -0.1) is 23.1 Å². The molecule has 3 heterocycles. The molecule has 3 aromatic rings. The number of benzene rings is 2.